The average Bonchev–Trinajstić information content (AvgIpc) is 3.31. The smallest absolute Gasteiger partial charge is 0.269 e. The summed E-state index contributed by atoms with van der Waals surface area (Å²) in [6.45, 7) is 3.61. The van der Waals surface area contributed by atoms with Gasteiger partial charge in [-0.15, -0.1) is 0 Å². The van der Waals surface area contributed by atoms with Crippen LogP contribution in [-0.2, 0) is 0 Å². The van der Waals surface area contributed by atoms with Crippen LogP contribution >= 0.6 is 0 Å². The summed E-state index contributed by atoms with van der Waals surface area (Å²) in [5, 5.41) is 7.34. The van der Waals surface area contributed by atoms with Crippen LogP contribution in [0.4, 0.5) is 5.69 Å². The third kappa shape index (κ3) is 3.32. The second-order valence-electron chi connectivity index (χ2n) is 5.59. The molecule has 21 heavy (non-hydrogen) atoms. The first kappa shape index (κ1) is 13.9. The van der Waals surface area contributed by atoms with Gasteiger partial charge in [-0.2, -0.15) is 0 Å². The topological polar surface area (TPSA) is 54.0 Å². The van der Waals surface area contributed by atoms with Gasteiger partial charge in [-0.3, -0.25) is 4.79 Å². The molecule has 0 spiro atoms. The fourth-order valence-electron chi connectivity index (χ4n) is 2.52. The monoisotopic (exact) mass is 283 g/mol. The number of hydrogen-bond acceptors (Lipinski definition) is 3. The molecule has 1 saturated carbocycles. The Morgan fingerprint density at radius 1 is 1.33 bits per heavy atom. The van der Waals surface area contributed by atoms with Crippen molar-refractivity contribution in [3.63, 3.8) is 0 Å². The van der Waals surface area contributed by atoms with E-state index >= 15 is 0 Å². The molecule has 1 aliphatic carbocycles. The molecule has 0 saturated heterocycles. The van der Waals surface area contributed by atoms with Crippen molar-refractivity contribution in [2.75, 3.05) is 18.4 Å². The molecule has 0 aliphatic heterocycles. The number of benzene rings is 1. The minimum absolute atomic E-state index is 0.0828. The highest BCUT2D eigenvalue weighted by Crippen LogP contribution is 2.31. The molecule has 1 aromatic carbocycles. The maximum Gasteiger partial charge on any atom is 0.269 e. The minimum Gasteiger partial charge on any atom is -0.385 e. The van der Waals surface area contributed by atoms with Crippen molar-refractivity contribution >= 4 is 22.5 Å². The summed E-state index contributed by atoms with van der Waals surface area (Å²) in [6, 6.07) is 9.74. The van der Waals surface area contributed by atoms with E-state index in [4.69, 9.17) is 0 Å². The predicted octanol–water partition coefficient (Wildman–Crippen LogP) is 3.20. The lowest BCUT2D eigenvalue weighted by atomic mass is 10.1. The number of pyridine rings is 1. The Labute approximate surface area is 125 Å². The highest BCUT2D eigenvalue weighted by atomic mass is 16.1. The molecular formula is C17H21N3O. The predicted molar refractivity (Wildman–Crippen MR) is 85.6 cm³/mol. The minimum atomic E-state index is -0.0828. The summed E-state index contributed by atoms with van der Waals surface area (Å²) in [4.78, 5) is 16.7. The molecular weight excluding hydrogens is 262 g/mol. The molecule has 1 fully saturated rings. The summed E-state index contributed by atoms with van der Waals surface area (Å²) in [5.74, 6) is 0.743. The van der Waals surface area contributed by atoms with E-state index in [2.05, 4.69) is 15.6 Å². The van der Waals surface area contributed by atoms with Crippen LogP contribution in [0.3, 0.4) is 0 Å². The summed E-state index contributed by atoms with van der Waals surface area (Å²) >= 11 is 0. The number of nitrogens with one attached hydrogen (secondary N) is 2. The van der Waals surface area contributed by atoms with Crippen molar-refractivity contribution in [2.24, 2.45) is 5.92 Å². The van der Waals surface area contributed by atoms with Crippen molar-refractivity contribution in [3.05, 3.63) is 36.0 Å². The third-order valence-electron chi connectivity index (χ3n) is 3.85. The SMILES string of the molecule is CCNc1cc(C(=O)NCCC2CC2)nc2ccccc12. The van der Waals surface area contributed by atoms with Crippen LogP contribution in [-0.4, -0.2) is 24.0 Å². The molecule has 110 valence electrons. The summed E-state index contributed by atoms with van der Waals surface area (Å²) in [5.41, 5.74) is 2.30. The fourth-order valence-corrected chi connectivity index (χ4v) is 2.52. The zero-order valence-corrected chi connectivity index (χ0v) is 12.4. The van der Waals surface area contributed by atoms with Crippen molar-refractivity contribution in [2.45, 2.75) is 26.2 Å². The Hall–Kier alpha value is -2.10. The number of carbonyl (C=O) groups is 1. The molecule has 1 aliphatic rings. The van der Waals surface area contributed by atoms with Crippen molar-refractivity contribution in [1.82, 2.24) is 10.3 Å². The fraction of sp³-hybridized carbons (Fsp3) is 0.412. The van der Waals surface area contributed by atoms with Gasteiger partial charge in [0.2, 0.25) is 0 Å². The standard InChI is InChI=1S/C17H21N3O/c1-2-18-15-11-16(17(21)19-10-9-12-7-8-12)20-14-6-4-3-5-13(14)15/h3-6,11-12H,2,7-10H2,1H3,(H,18,20)(H,19,21). The van der Waals surface area contributed by atoms with Gasteiger partial charge in [-0.05, 0) is 31.4 Å². The van der Waals surface area contributed by atoms with Crippen LogP contribution in [0.1, 0.15) is 36.7 Å². The van der Waals surface area contributed by atoms with E-state index in [0.717, 1.165) is 42.0 Å². The third-order valence-corrected chi connectivity index (χ3v) is 3.85. The lowest BCUT2D eigenvalue weighted by Crippen LogP contribution is -2.25. The molecule has 2 aromatic rings. The number of aromatic nitrogens is 1. The average molecular weight is 283 g/mol. The summed E-state index contributed by atoms with van der Waals surface area (Å²) < 4.78 is 0. The van der Waals surface area contributed by atoms with Gasteiger partial charge in [0.25, 0.3) is 5.91 Å². The Bertz CT molecular complexity index is 650. The summed E-state index contributed by atoms with van der Waals surface area (Å²) in [7, 11) is 0. The summed E-state index contributed by atoms with van der Waals surface area (Å²) in [6.07, 6.45) is 3.71. The Balaban J connectivity index is 1.81. The Kier molecular flexibility index (Phi) is 4.04. The maximum atomic E-state index is 12.2. The molecule has 1 aromatic heterocycles. The van der Waals surface area contributed by atoms with Crippen LogP contribution in [0, 0.1) is 5.92 Å². The highest BCUT2D eigenvalue weighted by Gasteiger charge is 2.21. The van der Waals surface area contributed by atoms with E-state index in [9.17, 15) is 4.79 Å². The van der Waals surface area contributed by atoms with Gasteiger partial charge in [0.05, 0.1) is 5.52 Å². The van der Waals surface area contributed by atoms with Crippen LogP contribution < -0.4 is 10.6 Å². The second-order valence-corrected chi connectivity index (χ2v) is 5.59. The zero-order valence-electron chi connectivity index (χ0n) is 12.4. The number of nitrogens with zero attached hydrogens (tertiary/aromatic N) is 1. The molecule has 3 rings (SSSR count). The molecule has 0 unspecified atom stereocenters. The lowest BCUT2D eigenvalue weighted by Gasteiger charge is -2.10. The number of para-hydroxylation sites is 1. The number of fused-ring (bicyclic) bond motifs is 1. The van der Waals surface area contributed by atoms with E-state index in [1.165, 1.54) is 12.8 Å². The van der Waals surface area contributed by atoms with Crippen molar-refractivity contribution < 1.29 is 4.79 Å². The van der Waals surface area contributed by atoms with Gasteiger partial charge in [0.15, 0.2) is 0 Å². The Morgan fingerprint density at radius 2 is 2.14 bits per heavy atom. The molecule has 1 amide bonds. The number of anilines is 1. The largest absolute Gasteiger partial charge is 0.385 e. The van der Waals surface area contributed by atoms with Crippen molar-refractivity contribution in [3.8, 4) is 0 Å². The molecule has 4 nitrogen and oxygen atoms in total. The maximum absolute atomic E-state index is 12.2. The first-order chi connectivity index (χ1) is 10.3. The molecule has 2 N–H and O–H groups in total. The molecule has 4 heteroatoms. The highest BCUT2D eigenvalue weighted by molar-refractivity contribution is 5.99. The van der Waals surface area contributed by atoms with Crippen LogP contribution in [0.5, 0.6) is 0 Å². The van der Waals surface area contributed by atoms with E-state index in [0.29, 0.717) is 5.69 Å². The van der Waals surface area contributed by atoms with Gasteiger partial charge < -0.3 is 10.6 Å². The lowest BCUT2D eigenvalue weighted by molar-refractivity contribution is 0.0948. The Morgan fingerprint density at radius 3 is 2.90 bits per heavy atom. The van der Waals surface area contributed by atoms with E-state index < -0.39 is 0 Å². The van der Waals surface area contributed by atoms with Gasteiger partial charge in [-0.1, -0.05) is 31.0 Å². The van der Waals surface area contributed by atoms with Crippen LogP contribution in [0.15, 0.2) is 30.3 Å². The van der Waals surface area contributed by atoms with E-state index in [1.807, 2.05) is 37.3 Å². The molecule has 1 heterocycles. The van der Waals surface area contributed by atoms with Gasteiger partial charge >= 0.3 is 0 Å². The van der Waals surface area contributed by atoms with Crippen molar-refractivity contribution in [1.29, 1.82) is 0 Å². The second kappa shape index (κ2) is 6.12. The first-order valence-electron chi connectivity index (χ1n) is 7.69. The van der Waals surface area contributed by atoms with Crippen LogP contribution in [0.25, 0.3) is 10.9 Å². The molecule has 0 bridgehead atoms. The van der Waals surface area contributed by atoms with Gasteiger partial charge in [-0.25, -0.2) is 4.98 Å². The quantitative estimate of drug-likeness (QED) is 0.856. The van der Waals surface area contributed by atoms with E-state index in [-0.39, 0.29) is 5.91 Å². The normalized spacial score (nSPS) is 14.1. The number of carbonyl (C=O) groups excluding carboxylic acids is 1. The zero-order chi connectivity index (χ0) is 14.7. The molecule has 0 radical (unpaired) electrons. The first-order valence-corrected chi connectivity index (χ1v) is 7.69. The van der Waals surface area contributed by atoms with Crippen LogP contribution in [0.2, 0.25) is 0 Å². The van der Waals surface area contributed by atoms with Gasteiger partial charge in [0, 0.05) is 24.2 Å². The number of rotatable bonds is 6. The van der Waals surface area contributed by atoms with Gasteiger partial charge in [0.1, 0.15) is 5.69 Å². The van der Waals surface area contributed by atoms with E-state index in [1.54, 1.807) is 0 Å². The number of hydrogen-bond donors (Lipinski definition) is 2. The number of amides is 1. The molecule has 0 atom stereocenters.